The molecule has 0 atom stereocenters. The molecular weight excluding hydrogens is 418 g/mol. The highest BCUT2D eigenvalue weighted by molar-refractivity contribution is 9.10. The number of halogens is 1. The summed E-state index contributed by atoms with van der Waals surface area (Å²) >= 11 is 8.66. The highest BCUT2D eigenvalue weighted by Gasteiger charge is 2.06. The molecule has 1 heterocycles. The summed E-state index contributed by atoms with van der Waals surface area (Å²) in [6.07, 6.45) is 1.86. The van der Waals surface area contributed by atoms with Crippen LogP contribution in [0.15, 0.2) is 65.3 Å². The molecule has 0 saturated carbocycles. The molecule has 0 spiro atoms. The molecule has 7 nitrogen and oxygen atoms in total. The second kappa shape index (κ2) is 8.07. The number of aromatic nitrogens is 2. The summed E-state index contributed by atoms with van der Waals surface area (Å²) in [6.45, 7) is 0.650. The predicted octanol–water partition coefficient (Wildman–Crippen LogP) is 4.41. The van der Waals surface area contributed by atoms with Crippen molar-refractivity contribution in [3.63, 3.8) is 0 Å². The smallest absolute Gasteiger partial charge is 0.269 e. The van der Waals surface area contributed by atoms with Gasteiger partial charge in [0.1, 0.15) is 0 Å². The van der Waals surface area contributed by atoms with Crippen molar-refractivity contribution in [3.8, 4) is 0 Å². The lowest BCUT2D eigenvalue weighted by molar-refractivity contribution is -0.384. The van der Waals surface area contributed by atoms with Crippen molar-refractivity contribution in [1.82, 2.24) is 9.78 Å². The van der Waals surface area contributed by atoms with Gasteiger partial charge in [-0.25, -0.2) is 0 Å². The number of nitrogens with zero attached hydrogens (tertiary/aromatic N) is 3. The van der Waals surface area contributed by atoms with Gasteiger partial charge in [-0.2, -0.15) is 5.10 Å². The van der Waals surface area contributed by atoms with E-state index in [0.717, 1.165) is 10.0 Å². The first-order valence-corrected chi connectivity index (χ1v) is 8.80. The lowest BCUT2D eigenvalue weighted by atomic mass is 10.2. The Balaban J connectivity index is 1.57. The standard InChI is InChI=1S/C17H14BrN5O2S/c18-13-3-1-12(2-4-13)11-22-10-9-16(21-22)20-17(26)19-14-5-7-15(8-6-14)23(24)25/h1-10H,11H2,(H2,19,20,21,26). The Morgan fingerprint density at radius 3 is 2.46 bits per heavy atom. The monoisotopic (exact) mass is 431 g/mol. The van der Waals surface area contributed by atoms with E-state index in [1.54, 1.807) is 16.8 Å². The molecule has 0 radical (unpaired) electrons. The van der Waals surface area contributed by atoms with E-state index in [0.29, 0.717) is 23.2 Å². The minimum atomic E-state index is -0.446. The van der Waals surface area contributed by atoms with Gasteiger partial charge in [-0.05, 0) is 42.0 Å². The summed E-state index contributed by atoms with van der Waals surface area (Å²) in [4.78, 5) is 10.2. The fourth-order valence-corrected chi connectivity index (χ4v) is 2.73. The van der Waals surface area contributed by atoms with Gasteiger partial charge in [-0.15, -0.1) is 0 Å². The Bertz CT molecular complexity index is 925. The maximum Gasteiger partial charge on any atom is 0.269 e. The van der Waals surface area contributed by atoms with E-state index in [1.165, 1.54) is 12.1 Å². The van der Waals surface area contributed by atoms with Crippen molar-refractivity contribution in [2.45, 2.75) is 6.54 Å². The van der Waals surface area contributed by atoms with Crippen LogP contribution >= 0.6 is 28.1 Å². The first-order chi connectivity index (χ1) is 12.5. The lowest BCUT2D eigenvalue weighted by Crippen LogP contribution is -2.19. The second-order valence-electron chi connectivity index (χ2n) is 5.41. The van der Waals surface area contributed by atoms with Crippen LogP contribution < -0.4 is 10.6 Å². The predicted molar refractivity (Wildman–Crippen MR) is 108 cm³/mol. The Morgan fingerprint density at radius 2 is 1.81 bits per heavy atom. The number of nitro groups is 1. The molecule has 0 aliphatic heterocycles. The molecule has 132 valence electrons. The van der Waals surface area contributed by atoms with E-state index < -0.39 is 4.92 Å². The SMILES string of the molecule is O=[N+]([O-])c1ccc(NC(=S)Nc2ccn(Cc3ccc(Br)cc3)n2)cc1. The van der Waals surface area contributed by atoms with Gasteiger partial charge in [0.25, 0.3) is 5.69 Å². The highest BCUT2D eigenvalue weighted by Crippen LogP contribution is 2.16. The normalized spacial score (nSPS) is 10.3. The Hall–Kier alpha value is -2.78. The molecule has 3 rings (SSSR count). The zero-order chi connectivity index (χ0) is 18.5. The van der Waals surface area contributed by atoms with Crippen LogP contribution in [0, 0.1) is 10.1 Å². The summed E-state index contributed by atoms with van der Waals surface area (Å²) in [5, 5.41) is 21.4. The molecule has 26 heavy (non-hydrogen) atoms. The second-order valence-corrected chi connectivity index (χ2v) is 6.73. The van der Waals surface area contributed by atoms with Gasteiger partial charge in [0.15, 0.2) is 10.9 Å². The number of hydrogen-bond acceptors (Lipinski definition) is 4. The number of thiocarbonyl (C=S) groups is 1. The van der Waals surface area contributed by atoms with E-state index in [4.69, 9.17) is 12.2 Å². The van der Waals surface area contributed by atoms with Crippen LogP contribution in [0.3, 0.4) is 0 Å². The number of nitro benzene ring substituents is 1. The Kier molecular flexibility index (Phi) is 5.59. The number of hydrogen-bond donors (Lipinski definition) is 2. The van der Waals surface area contributed by atoms with Crippen LogP contribution in [-0.4, -0.2) is 19.8 Å². The minimum Gasteiger partial charge on any atom is -0.332 e. The fourth-order valence-electron chi connectivity index (χ4n) is 2.24. The number of benzene rings is 2. The van der Waals surface area contributed by atoms with Crippen LogP contribution in [0.2, 0.25) is 0 Å². The molecular formula is C17H14BrN5O2S. The average Bonchev–Trinajstić information content (AvgIpc) is 3.04. The number of non-ortho nitro benzene ring substituents is 1. The molecule has 0 bridgehead atoms. The third kappa shape index (κ3) is 4.87. The van der Waals surface area contributed by atoms with E-state index in [1.807, 2.05) is 36.5 Å². The van der Waals surface area contributed by atoms with Crippen LogP contribution in [0.1, 0.15) is 5.56 Å². The third-order valence-electron chi connectivity index (χ3n) is 3.48. The van der Waals surface area contributed by atoms with E-state index in [9.17, 15) is 10.1 Å². The summed E-state index contributed by atoms with van der Waals surface area (Å²) in [5.41, 5.74) is 1.82. The van der Waals surface area contributed by atoms with E-state index >= 15 is 0 Å². The summed E-state index contributed by atoms with van der Waals surface area (Å²) in [6, 6.07) is 15.9. The first kappa shape index (κ1) is 18.0. The Labute approximate surface area is 163 Å². The van der Waals surface area contributed by atoms with Crippen molar-refractivity contribution < 1.29 is 4.92 Å². The summed E-state index contributed by atoms with van der Waals surface area (Å²) in [7, 11) is 0. The molecule has 0 saturated heterocycles. The molecule has 2 N–H and O–H groups in total. The first-order valence-electron chi connectivity index (χ1n) is 7.60. The lowest BCUT2D eigenvalue weighted by Gasteiger charge is -2.08. The van der Waals surface area contributed by atoms with E-state index in [-0.39, 0.29) is 5.69 Å². The molecule has 1 aromatic heterocycles. The van der Waals surface area contributed by atoms with Crippen molar-refractivity contribution in [2.24, 2.45) is 0 Å². The van der Waals surface area contributed by atoms with Gasteiger partial charge in [0.05, 0.1) is 11.5 Å². The van der Waals surface area contributed by atoms with Gasteiger partial charge in [-0.1, -0.05) is 28.1 Å². The largest absolute Gasteiger partial charge is 0.332 e. The van der Waals surface area contributed by atoms with E-state index in [2.05, 4.69) is 31.7 Å². The van der Waals surface area contributed by atoms with Gasteiger partial charge >= 0.3 is 0 Å². The summed E-state index contributed by atoms with van der Waals surface area (Å²) < 4.78 is 2.84. The molecule has 0 aliphatic carbocycles. The van der Waals surface area contributed by atoms with Crippen molar-refractivity contribution >= 4 is 50.5 Å². The quantitative estimate of drug-likeness (QED) is 0.353. The maximum absolute atomic E-state index is 10.7. The summed E-state index contributed by atoms with van der Waals surface area (Å²) in [5.74, 6) is 0.613. The van der Waals surface area contributed by atoms with Crippen LogP contribution in [0.4, 0.5) is 17.2 Å². The maximum atomic E-state index is 10.7. The highest BCUT2D eigenvalue weighted by atomic mass is 79.9. The zero-order valence-corrected chi connectivity index (χ0v) is 15.8. The molecule has 0 fully saturated rings. The molecule has 9 heteroatoms. The zero-order valence-electron chi connectivity index (χ0n) is 13.4. The number of rotatable bonds is 5. The average molecular weight is 432 g/mol. The molecule has 2 aromatic carbocycles. The van der Waals surface area contributed by atoms with Gasteiger partial charge in [0.2, 0.25) is 0 Å². The Morgan fingerprint density at radius 1 is 1.12 bits per heavy atom. The van der Waals surface area contributed by atoms with Crippen molar-refractivity contribution in [2.75, 3.05) is 10.6 Å². The van der Waals surface area contributed by atoms with Crippen molar-refractivity contribution in [3.05, 3.63) is 80.9 Å². The molecule has 3 aromatic rings. The van der Waals surface area contributed by atoms with Gasteiger partial charge in [0, 0.05) is 34.6 Å². The minimum absolute atomic E-state index is 0.0288. The molecule has 0 amide bonds. The topological polar surface area (TPSA) is 85.0 Å². The van der Waals surface area contributed by atoms with Crippen LogP contribution in [0.5, 0.6) is 0 Å². The fraction of sp³-hybridized carbons (Fsp3) is 0.0588. The molecule has 0 aliphatic rings. The number of nitrogens with one attached hydrogen (secondary N) is 2. The van der Waals surface area contributed by atoms with Crippen molar-refractivity contribution in [1.29, 1.82) is 0 Å². The molecule has 0 unspecified atom stereocenters. The van der Waals surface area contributed by atoms with Gasteiger partial charge < -0.3 is 10.6 Å². The number of anilines is 2. The van der Waals surface area contributed by atoms with Crippen LogP contribution in [-0.2, 0) is 6.54 Å². The van der Waals surface area contributed by atoms with Gasteiger partial charge in [-0.3, -0.25) is 14.8 Å². The third-order valence-corrected chi connectivity index (χ3v) is 4.21. The van der Waals surface area contributed by atoms with Crippen LogP contribution in [0.25, 0.3) is 0 Å².